The highest BCUT2D eigenvalue weighted by atomic mass is 32.2. The van der Waals surface area contributed by atoms with Crippen molar-refractivity contribution in [3.63, 3.8) is 0 Å². The fraction of sp³-hybridized carbons (Fsp3) is 0.444. The van der Waals surface area contributed by atoms with Gasteiger partial charge >= 0.3 is 0 Å². The van der Waals surface area contributed by atoms with Gasteiger partial charge in [-0.3, -0.25) is 4.79 Å². The van der Waals surface area contributed by atoms with Crippen molar-refractivity contribution in [3.8, 4) is 11.4 Å². The molecular weight excluding hydrogens is 350 g/mol. The third-order valence-corrected chi connectivity index (χ3v) is 5.35. The largest absolute Gasteiger partial charge is 0.508 e. The van der Waals surface area contributed by atoms with Crippen molar-refractivity contribution in [1.82, 2.24) is 25.5 Å². The molecular formula is C18H23N5O2S. The molecule has 1 aliphatic rings. The number of amides is 1. The van der Waals surface area contributed by atoms with Crippen LogP contribution in [-0.2, 0) is 4.79 Å². The number of allylic oxidation sites excluding steroid dienone is 1. The van der Waals surface area contributed by atoms with Gasteiger partial charge in [-0.1, -0.05) is 23.4 Å². The normalized spacial score (nSPS) is 15.3. The molecule has 3 rings (SSSR count). The third kappa shape index (κ3) is 4.85. The Kier molecular flexibility index (Phi) is 6.27. The van der Waals surface area contributed by atoms with Gasteiger partial charge in [0.05, 0.1) is 10.9 Å². The third-order valence-electron chi connectivity index (χ3n) is 4.32. The molecule has 0 saturated carbocycles. The number of hydrogen-bond acceptors (Lipinski definition) is 6. The number of carbonyl (C=O) groups is 1. The van der Waals surface area contributed by atoms with Gasteiger partial charge < -0.3 is 10.4 Å². The van der Waals surface area contributed by atoms with Crippen LogP contribution in [0.25, 0.3) is 5.69 Å². The lowest BCUT2D eigenvalue weighted by Crippen LogP contribution is -2.32. The second kappa shape index (κ2) is 8.84. The van der Waals surface area contributed by atoms with Crippen molar-refractivity contribution >= 4 is 17.7 Å². The summed E-state index contributed by atoms with van der Waals surface area (Å²) >= 11 is 1.31. The molecule has 7 nitrogen and oxygen atoms in total. The van der Waals surface area contributed by atoms with Gasteiger partial charge in [-0.25, -0.2) is 0 Å². The Bertz CT molecular complexity index is 772. The molecule has 0 unspecified atom stereocenters. The molecule has 0 aliphatic heterocycles. The molecule has 0 saturated heterocycles. The number of benzene rings is 1. The van der Waals surface area contributed by atoms with E-state index in [1.807, 2.05) is 6.92 Å². The van der Waals surface area contributed by atoms with Crippen LogP contribution in [-0.4, -0.2) is 43.0 Å². The number of phenols is 1. The summed E-state index contributed by atoms with van der Waals surface area (Å²) in [4.78, 5) is 12.3. The number of nitrogens with one attached hydrogen (secondary N) is 1. The topological polar surface area (TPSA) is 92.9 Å². The van der Waals surface area contributed by atoms with E-state index in [0.29, 0.717) is 11.7 Å². The molecule has 2 aromatic rings. The first-order valence-electron chi connectivity index (χ1n) is 8.83. The highest BCUT2D eigenvalue weighted by Crippen LogP contribution is 2.24. The molecule has 0 radical (unpaired) electrons. The Morgan fingerprint density at radius 3 is 2.88 bits per heavy atom. The fourth-order valence-electron chi connectivity index (χ4n) is 2.84. The molecule has 26 heavy (non-hydrogen) atoms. The van der Waals surface area contributed by atoms with Gasteiger partial charge in [0.1, 0.15) is 5.75 Å². The molecule has 138 valence electrons. The average molecular weight is 373 g/mol. The number of rotatable bonds is 7. The number of carbonyl (C=O) groups excluding carboxylic acids is 1. The first kappa shape index (κ1) is 18.4. The highest BCUT2D eigenvalue weighted by Gasteiger charge is 2.19. The van der Waals surface area contributed by atoms with Gasteiger partial charge in [-0.2, -0.15) is 4.68 Å². The number of thioether (sulfide) groups is 1. The molecule has 2 N–H and O–H groups in total. The zero-order valence-electron chi connectivity index (χ0n) is 14.8. The molecule has 1 aromatic carbocycles. The van der Waals surface area contributed by atoms with Gasteiger partial charge in [0.2, 0.25) is 11.1 Å². The Morgan fingerprint density at radius 1 is 1.35 bits per heavy atom. The molecule has 1 heterocycles. The van der Waals surface area contributed by atoms with Crippen LogP contribution in [0.2, 0.25) is 0 Å². The van der Waals surface area contributed by atoms with E-state index < -0.39 is 0 Å². The standard InChI is InChI=1S/C18H23N5O2S/c1-13(17(25)19-12-11-14-5-3-2-4-6-14)26-18-20-21-22-23(18)15-7-9-16(24)10-8-15/h5,7-10,13,24H,2-4,6,11-12H2,1H3,(H,19,25)/t13-/m0/s1. The SMILES string of the molecule is C[C@H](Sc1nnnn1-c1ccc(O)cc1)C(=O)NCCC1=CCCCC1. The number of tetrazole rings is 1. The molecule has 8 heteroatoms. The minimum absolute atomic E-state index is 0.0216. The molecule has 1 aliphatic carbocycles. The van der Waals surface area contributed by atoms with E-state index >= 15 is 0 Å². The van der Waals surface area contributed by atoms with Crippen LogP contribution in [0.15, 0.2) is 41.1 Å². The summed E-state index contributed by atoms with van der Waals surface area (Å²) < 4.78 is 1.56. The zero-order chi connectivity index (χ0) is 18.4. The van der Waals surface area contributed by atoms with E-state index in [0.717, 1.165) is 24.9 Å². The predicted octanol–water partition coefficient (Wildman–Crippen LogP) is 2.86. The van der Waals surface area contributed by atoms with Crippen molar-refractivity contribution in [3.05, 3.63) is 35.9 Å². The van der Waals surface area contributed by atoms with Crippen molar-refractivity contribution in [2.24, 2.45) is 0 Å². The maximum atomic E-state index is 12.3. The maximum absolute atomic E-state index is 12.3. The summed E-state index contributed by atoms with van der Waals surface area (Å²) in [6.45, 7) is 2.51. The van der Waals surface area contributed by atoms with E-state index in [2.05, 4.69) is 26.9 Å². The summed E-state index contributed by atoms with van der Waals surface area (Å²) in [5, 5.41) is 24.3. The zero-order valence-corrected chi connectivity index (χ0v) is 15.6. The Morgan fingerprint density at radius 2 is 2.15 bits per heavy atom. The number of nitrogens with zero attached hydrogens (tertiary/aromatic N) is 4. The van der Waals surface area contributed by atoms with Gasteiger partial charge in [-0.05, 0) is 73.7 Å². The van der Waals surface area contributed by atoms with Crippen molar-refractivity contribution in [2.45, 2.75) is 49.4 Å². The van der Waals surface area contributed by atoms with Gasteiger partial charge in [-0.15, -0.1) is 5.10 Å². The number of aromatic nitrogens is 4. The van der Waals surface area contributed by atoms with Crippen LogP contribution in [0.3, 0.4) is 0 Å². The molecule has 1 aromatic heterocycles. The number of hydrogen-bond donors (Lipinski definition) is 2. The van der Waals surface area contributed by atoms with Crippen molar-refractivity contribution < 1.29 is 9.90 Å². The Hall–Kier alpha value is -2.35. The van der Waals surface area contributed by atoms with Crippen LogP contribution >= 0.6 is 11.8 Å². The summed E-state index contributed by atoms with van der Waals surface area (Å²) in [5.41, 5.74) is 2.18. The van der Waals surface area contributed by atoms with E-state index in [9.17, 15) is 9.90 Å². The van der Waals surface area contributed by atoms with E-state index in [-0.39, 0.29) is 16.9 Å². The second-order valence-corrected chi connectivity index (χ2v) is 7.61. The van der Waals surface area contributed by atoms with E-state index in [1.165, 1.54) is 30.2 Å². The van der Waals surface area contributed by atoms with Crippen molar-refractivity contribution in [2.75, 3.05) is 6.54 Å². The van der Waals surface area contributed by atoms with Gasteiger partial charge in [0.25, 0.3) is 0 Å². The van der Waals surface area contributed by atoms with Crippen LogP contribution in [0.4, 0.5) is 0 Å². The second-order valence-electron chi connectivity index (χ2n) is 6.30. The first-order valence-corrected chi connectivity index (χ1v) is 9.71. The Balaban J connectivity index is 1.53. The summed E-state index contributed by atoms with van der Waals surface area (Å²) in [5.74, 6) is 0.156. The summed E-state index contributed by atoms with van der Waals surface area (Å²) in [6, 6.07) is 6.58. The number of aromatic hydroxyl groups is 1. The fourth-order valence-corrected chi connectivity index (χ4v) is 3.67. The van der Waals surface area contributed by atoms with Crippen LogP contribution in [0, 0.1) is 0 Å². The van der Waals surface area contributed by atoms with Gasteiger partial charge in [0.15, 0.2) is 0 Å². The lowest BCUT2D eigenvalue weighted by atomic mass is 9.97. The van der Waals surface area contributed by atoms with Crippen molar-refractivity contribution in [1.29, 1.82) is 0 Å². The maximum Gasteiger partial charge on any atom is 0.233 e. The molecule has 1 atom stereocenters. The molecule has 0 bridgehead atoms. The minimum Gasteiger partial charge on any atom is -0.508 e. The monoisotopic (exact) mass is 373 g/mol. The van der Waals surface area contributed by atoms with E-state index in [4.69, 9.17) is 0 Å². The van der Waals surface area contributed by atoms with Crippen LogP contribution < -0.4 is 5.32 Å². The predicted molar refractivity (Wildman–Crippen MR) is 100 cm³/mol. The van der Waals surface area contributed by atoms with Crippen LogP contribution in [0.5, 0.6) is 5.75 Å². The summed E-state index contributed by atoms with van der Waals surface area (Å²) in [6.07, 6.45) is 8.08. The first-order chi connectivity index (χ1) is 12.6. The van der Waals surface area contributed by atoms with E-state index in [1.54, 1.807) is 28.9 Å². The summed E-state index contributed by atoms with van der Waals surface area (Å²) in [7, 11) is 0. The Labute approximate surface area is 156 Å². The average Bonchev–Trinajstić information content (AvgIpc) is 3.11. The van der Waals surface area contributed by atoms with Crippen LogP contribution in [0.1, 0.15) is 39.0 Å². The lowest BCUT2D eigenvalue weighted by Gasteiger charge is -2.14. The van der Waals surface area contributed by atoms with Gasteiger partial charge in [0, 0.05) is 6.54 Å². The molecule has 1 amide bonds. The molecule has 0 fully saturated rings. The number of phenolic OH excluding ortho intramolecular Hbond substituents is 1. The highest BCUT2D eigenvalue weighted by molar-refractivity contribution is 8.00. The quantitative estimate of drug-likeness (QED) is 0.573. The smallest absolute Gasteiger partial charge is 0.233 e. The lowest BCUT2D eigenvalue weighted by molar-refractivity contribution is -0.120. The minimum atomic E-state index is -0.308. The molecule has 0 spiro atoms.